The molecule has 1 heterocycles. The maximum absolute atomic E-state index is 12.4. The number of benzene rings is 1. The van der Waals surface area contributed by atoms with Crippen LogP contribution in [0.4, 0.5) is 4.79 Å². The molecule has 1 N–H and O–H groups in total. The average molecular weight is 286 g/mol. The molecule has 2 fully saturated rings. The Morgan fingerprint density at radius 2 is 1.86 bits per heavy atom. The lowest BCUT2D eigenvalue weighted by atomic mass is 9.98. The van der Waals surface area contributed by atoms with Gasteiger partial charge in [-0.15, -0.1) is 0 Å². The van der Waals surface area contributed by atoms with Gasteiger partial charge in [-0.1, -0.05) is 30.3 Å². The normalized spacial score (nSPS) is 21.4. The fraction of sp³-hybridized carbons (Fsp3) is 0.438. The topological polar surface area (TPSA) is 66.5 Å². The van der Waals surface area contributed by atoms with Gasteiger partial charge in [0.05, 0.1) is 0 Å². The number of hydrogen-bond acceptors (Lipinski definition) is 3. The summed E-state index contributed by atoms with van der Waals surface area (Å²) in [5, 5.41) is 2.32. The van der Waals surface area contributed by atoms with Gasteiger partial charge in [-0.25, -0.2) is 4.79 Å². The highest BCUT2D eigenvalue weighted by Crippen LogP contribution is 2.49. The molecule has 1 spiro atoms. The van der Waals surface area contributed by atoms with Crippen LogP contribution in [-0.4, -0.2) is 28.8 Å². The lowest BCUT2D eigenvalue weighted by molar-refractivity contribution is -0.146. The van der Waals surface area contributed by atoms with Gasteiger partial charge in [-0.05, 0) is 38.2 Å². The molecule has 1 aliphatic carbocycles. The van der Waals surface area contributed by atoms with Crippen molar-refractivity contribution in [3.8, 4) is 0 Å². The number of carbonyl (C=O) groups excluding carboxylic acids is 3. The molecule has 0 radical (unpaired) electrons. The van der Waals surface area contributed by atoms with E-state index in [2.05, 4.69) is 5.32 Å². The van der Waals surface area contributed by atoms with Crippen LogP contribution in [0, 0.1) is 5.41 Å². The van der Waals surface area contributed by atoms with Crippen LogP contribution in [0.3, 0.4) is 0 Å². The van der Waals surface area contributed by atoms with E-state index in [1.165, 1.54) is 10.5 Å². The van der Waals surface area contributed by atoms with Crippen LogP contribution in [-0.2, 0) is 16.0 Å². The molecule has 2 aliphatic rings. The fourth-order valence-corrected chi connectivity index (χ4v) is 2.81. The zero-order valence-corrected chi connectivity index (χ0v) is 12.0. The Morgan fingerprint density at radius 3 is 2.48 bits per heavy atom. The molecule has 0 aromatic heterocycles. The summed E-state index contributed by atoms with van der Waals surface area (Å²) < 4.78 is 0. The van der Waals surface area contributed by atoms with E-state index in [1.54, 1.807) is 0 Å². The summed E-state index contributed by atoms with van der Waals surface area (Å²) in [7, 11) is 0. The lowest BCUT2D eigenvalue weighted by Crippen LogP contribution is -2.61. The predicted octanol–water partition coefficient (Wildman–Crippen LogP) is 1.87. The van der Waals surface area contributed by atoms with Gasteiger partial charge >= 0.3 is 6.03 Å². The van der Waals surface area contributed by atoms with E-state index >= 15 is 0 Å². The first kappa shape index (κ1) is 13.8. The van der Waals surface area contributed by atoms with Crippen molar-refractivity contribution in [3.63, 3.8) is 0 Å². The SMILES string of the molecule is CC(CCc1ccccc1)N1C(=O)NC(=O)C2(CC2)C1=O. The van der Waals surface area contributed by atoms with Gasteiger partial charge in [0, 0.05) is 6.04 Å². The van der Waals surface area contributed by atoms with Gasteiger partial charge in [-0.2, -0.15) is 0 Å². The van der Waals surface area contributed by atoms with E-state index < -0.39 is 17.4 Å². The average Bonchev–Trinajstić information content (AvgIpc) is 3.26. The van der Waals surface area contributed by atoms with Gasteiger partial charge in [0.2, 0.25) is 11.8 Å². The number of nitrogens with zero attached hydrogens (tertiary/aromatic N) is 1. The van der Waals surface area contributed by atoms with Crippen molar-refractivity contribution in [1.82, 2.24) is 10.2 Å². The molecule has 1 saturated heterocycles. The number of urea groups is 1. The number of amides is 4. The molecule has 4 amide bonds. The van der Waals surface area contributed by atoms with E-state index in [4.69, 9.17) is 0 Å². The Balaban J connectivity index is 1.69. The zero-order chi connectivity index (χ0) is 15.0. The van der Waals surface area contributed by atoms with Gasteiger partial charge in [0.25, 0.3) is 0 Å². The number of carbonyl (C=O) groups is 3. The molecular weight excluding hydrogens is 268 g/mol. The van der Waals surface area contributed by atoms with Gasteiger partial charge in [0.1, 0.15) is 5.41 Å². The van der Waals surface area contributed by atoms with Crippen molar-refractivity contribution in [2.75, 3.05) is 0 Å². The Hall–Kier alpha value is -2.17. The summed E-state index contributed by atoms with van der Waals surface area (Å²) in [6.45, 7) is 1.85. The minimum atomic E-state index is -0.949. The second-order valence-corrected chi connectivity index (χ2v) is 5.89. The first-order valence-electron chi connectivity index (χ1n) is 7.27. The number of rotatable bonds is 4. The first-order chi connectivity index (χ1) is 10.0. The maximum atomic E-state index is 12.4. The molecule has 1 unspecified atom stereocenters. The van der Waals surface area contributed by atoms with Crippen LogP contribution in [0.1, 0.15) is 31.7 Å². The molecule has 21 heavy (non-hydrogen) atoms. The summed E-state index contributed by atoms with van der Waals surface area (Å²) in [6, 6.07) is 9.14. The van der Waals surface area contributed by atoms with Crippen molar-refractivity contribution in [3.05, 3.63) is 35.9 Å². The number of imide groups is 2. The molecule has 1 aliphatic heterocycles. The quantitative estimate of drug-likeness (QED) is 0.859. The lowest BCUT2D eigenvalue weighted by Gasteiger charge is -2.34. The summed E-state index contributed by atoms with van der Waals surface area (Å²) in [6.07, 6.45) is 2.58. The van der Waals surface area contributed by atoms with Crippen molar-refractivity contribution in [2.45, 2.75) is 38.6 Å². The standard InChI is InChI=1S/C16H18N2O3/c1-11(7-8-12-5-3-2-4-6-12)18-14(20)16(9-10-16)13(19)17-15(18)21/h2-6,11H,7-10H2,1H3,(H,17,19,21). The van der Waals surface area contributed by atoms with E-state index in [0.29, 0.717) is 19.3 Å². The maximum Gasteiger partial charge on any atom is 0.331 e. The highest BCUT2D eigenvalue weighted by molar-refractivity contribution is 6.21. The van der Waals surface area contributed by atoms with E-state index in [1.807, 2.05) is 37.3 Å². The Kier molecular flexibility index (Phi) is 3.27. The number of nitrogens with one attached hydrogen (secondary N) is 1. The van der Waals surface area contributed by atoms with E-state index in [9.17, 15) is 14.4 Å². The largest absolute Gasteiger partial charge is 0.331 e. The minimum Gasteiger partial charge on any atom is -0.277 e. The summed E-state index contributed by atoms with van der Waals surface area (Å²) in [5.74, 6) is -0.749. The number of aryl methyl sites for hydroxylation is 1. The summed E-state index contributed by atoms with van der Waals surface area (Å²) in [4.78, 5) is 37.4. The third-order valence-corrected chi connectivity index (χ3v) is 4.39. The third kappa shape index (κ3) is 2.33. The zero-order valence-electron chi connectivity index (χ0n) is 12.0. The van der Waals surface area contributed by atoms with E-state index in [0.717, 1.165) is 6.42 Å². The second-order valence-electron chi connectivity index (χ2n) is 5.89. The van der Waals surface area contributed by atoms with Crippen LogP contribution < -0.4 is 5.32 Å². The van der Waals surface area contributed by atoms with Gasteiger partial charge < -0.3 is 0 Å². The van der Waals surface area contributed by atoms with E-state index in [-0.39, 0.29) is 11.9 Å². The molecule has 110 valence electrons. The Bertz CT molecular complexity index is 593. The first-order valence-corrected chi connectivity index (χ1v) is 7.27. The molecule has 3 rings (SSSR count). The molecule has 5 nitrogen and oxygen atoms in total. The highest BCUT2D eigenvalue weighted by Gasteiger charge is 2.62. The minimum absolute atomic E-state index is 0.219. The number of barbiturate groups is 1. The third-order valence-electron chi connectivity index (χ3n) is 4.39. The van der Waals surface area contributed by atoms with Crippen molar-refractivity contribution in [2.24, 2.45) is 5.41 Å². The number of hydrogen-bond donors (Lipinski definition) is 1. The summed E-state index contributed by atoms with van der Waals surface area (Å²) >= 11 is 0. The molecule has 1 atom stereocenters. The van der Waals surface area contributed by atoms with Gasteiger partial charge in [0.15, 0.2) is 0 Å². The summed E-state index contributed by atoms with van der Waals surface area (Å²) in [5.41, 5.74) is 0.223. The smallest absolute Gasteiger partial charge is 0.277 e. The van der Waals surface area contributed by atoms with Crippen LogP contribution in [0.15, 0.2) is 30.3 Å². The second kappa shape index (κ2) is 4.98. The highest BCUT2D eigenvalue weighted by atomic mass is 16.2. The fourth-order valence-electron chi connectivity index (χ4n) is 2.81. The molecular formula is C16H18N2O3. The Labute approximate surface area is 123 Å². The van der Waals surface area contributed by atoms with Gasteiger partial charge in [-0.3, -0.25) is 19.8 Å². The molecule has 1 saturated carbocycles. The monoisotopic (exact) mass is 286 g/mol. The van der Waals surface area contributed by atoms with Crippen LogP contribution >= 0.6 is 0 Å². The van der Waals surface area contributed by atoms with Crippen LogP contribution in [0.5, 0.6) is 0 Å². The molecule has 1 aromatic carbocycles. The molecule has 5 heteroatoms. The van der Waals surface area contributed by atoms with Crippen molar-refractivity contribution in [1.29, 1.82) is 0 Å². The molecule has 1 aromatic rings. The van der Waals surface area contributed by atoms with Crippen LogP contribution in [0.25, 0.3) is 0 Å². The van der Waals surface area contributed by atoms with Crippen molar-refractivity contribution < 1.29 is 14.4 Å². The molecule has 0 bridgehead atoms. The van der Waals surface area contributed by atoms with Crippen LogP contribution in [0.2, 0.25) is 0 Å². The Morgan fingerprint density at radius 1 is 1.19 bits per heavy atom. The van der Waals surface area contributed by atoms with Crippen molar-refractivity contribution >= 4 is 17.8 Å². The predicted molar refractivity (Wildman–Crippen MR) is 76.3 cm³/mol.